The second-order valence-electron chi connectivity index (χ2n) is 4.47. The number of anilines is 1. The van der Waals surface area contributed by atoms with Gasteiger partial charge in [0.05, 0.1) is 0 Å². The molecule has 96 valence electrons. The predicted octanol–water partition coefficient (Wildman–Crippen LogP) is 3.31. The van der Waals surface area contributed by atoms with Crippen LogP contribution in [0.15, 0.2) is 48.8 Å². The van der Waals surface area contributed by atoms with Gasteiger partial charge in [-0.25, -0.2) is 0 Å². The van der Waals surface area contributed by atoms with Crippen molar-refractivity contribution in [3.63, 3.8) is 0 Å². The van der Waals surface area contributed by atoms with Gasteiger partial charge in [-0.1, -0.05) is 6.07 Å². The summed E-state index contributed by atoms with van der Waals surface area (Å²) < 4.78 is 7.19. The molecule has 1 heterocycles. The highest BCUT2D eigenvalue weighted by Crippen LogP contribution is 2.16. The Morgan fingerprint density at radius 1 is 1.22 bits per heavy atom. The lowest BCUT2D eigenvalue weighted by Crippen LogP contribution is -2.17. The third kappa shape index (κ3) is 3.37. The van der Waals surface area contributed by atoms with Crippen LogP contribution in [0.25, 0.3) is 5.69 Å². The van der Waals surface area contributed by atoms with E-state index in [2.05, 4.69) is 41.1 Å². The Morgan fingerprint density at radius 3 is 2.72 bits per heavy atom. The van der Waals surface area contributed by atoms with E-state index in [0.717, 1.165) is 18.7 Å². The molecule has 0 aliphatic rings. The van der Waals surface area contributed by atoms with Crippen LogP contribution in [-0.4, -0.2) is 24.3 Å². The maximum absolute atomic E-state index is 5.09. The Hall–Kier alpha value is -1.74. The zero-order valence-corrected chi connectivity index (χ0v) is 11.0. The number of methoxy groups -OCH3 is 1. The van der Waals surface area contributed by atoms with Crippen molar-refractivity contribution < 1.29 is 4.74 Å². The minimum Gasteiger partial charge on any atom is -0.385 e. The lowest BCUT2D eigenvalue weighted by molar-refractivity contribution is 0.191. The highest BCUT2D eigenvalue weighted by Gasteiger charge is 2.02. The van der Waals surface area contributed by atoms with Crippen molar-refractivity contribution in [3.8, 4) is 5.69 Å². The monoisotopic (exact) mass is 244 g/mol. The molecule has 0 saturated heterocycles. The first-order chi connectivity index (χ1) is 8.79. The lowest BCUT2D eigenvalue weighted by Gasteiger charge is -2.15. The average molecular weight is 244 g/mol. The van der Waals surface area contributed by atoms with Gasteiger partial charge in [-0.15, -0.1) is 0 Å². The van der Waals surface area contributed by atoms with Gasteiger partial charge in [0.1, 0.15) is 0 Å². The summed E-state index contributed by atoms with van der Waals surface area (Å²) in [4.78, 5) is 0. The van der Waals surface area contributed by atoms with Crippen LogP contribution in [0, 0.1) is 0 Å². The van der Waals surface area contributed by atoms with E-state index in [1.165, 1.54) is 5.69 Å². The molecule has 0 spiro atoms. The molecule has 3 heteroatoms. The van der Waals surface area contributed by atoms with Crippen molar-refractivity contribution in [3.05, 3.63) is 48.8 Å². The number of rotatable bonds is 6. The van der Waals surface area contributed by atoms with Gasteiger partial charge in [-0.2, -0.15) is 0 Å². The third-order valence-electron chi connectivity index (χ3n) is 2.92. The van der Waals surface area contributed by atoms with Crippen LogP contribution in [0.3, 0.4) is 0 Å². The van der Waals surface area contributed by atoms with Crippen LogP contribution < -0.4 is 5.32 Å². The molecule has 0 bridgehead atoms. The minimum atomic E-state index is 0.407. The molecular weight excluding hydrogens is 224 g/mol. The fourth-order valence-electron chi connectivity index (χ4n) is 1.91. The molecular formula is C15H20N2O. The Balaban J connectivity index is 2.03. The maximum Gasteiger partial charge on any atom is 0.0481 e. The zero-order valence-electron chi connectivity index (χ0n) is 11.0. The highest BCUT2D eigenvalue weighted by atomic mass is 16.5. The third-order valence-corrected chi connectivity index (χ3v) is 2.92. The van der Waals surface area contributed by atoms with E-state index in [1.807, 2.05) is 24.5 Å². The first kappa shape index (κ1) is 12.7. The fraction of sp³-hybridized carbons (Fsp3) is 0.333. The summed E-state index contributed by atoms with van der Waals surface area (Å²) in [7, 11) is 1.74. The molecule has 0 aliphatic carbocycles. The SMILES string of the molecule is COCCC(C)Nc1cccc(-n2cccc2)c1. The number of benzene rings is 1. The molecule has 0 aliphatic heterocycles. The maximum atomic E-state index is 5.09. The molecule has 1 unspecified atom stereocenters. The van der Waals surface area contributed by atoms with E-state index >= 15 is 0 Å². The van der Waals surface area contributed by atoms with Crippen molar-refractivity contribution in [2.45, 2.75) is 19.4 Å². The van der Waals surface area contributed by atoms with Crippen LogP contribution in [0.2, 0.25) is 0 Å². The van der Waals surface area contributed by atoms with Gasteiger partial charge in [0.15, 0.2) is 0 Å². The van der Waals surface area contributed by atoms with Gasteiger partial charge in [0.25, 0.3) is 0 Å². The number of ether oxygens (including phenoxy) is 1. The van der Waals surface area contributed by atoms with Gasteiger partial charge in [0.2, 0.25) is 0 Å². The van der Waals surface area contributed by atoms with Crippen LogP contribution in [-0.2, 0) is 4.74 Å². The molecule has 2 aromatic rings. The predicted molar refractivity (Wildman–Crippen MR) is 75.3 cm³/mol. The van der Waals surface area contributed by atoms with E-state index in [9.17, 15) is 0 Å². The quantitative estimate of drug-likeness (QED) is 0.843. The summed E-state index contributed by atoms with van der Waals surface area (Å²) in [5.74, 6) is 0. The Kier molecular flexibility index (Phi) is 4.42. The van der Waals surface area contributed by atoms with Crippen molar-refractivity contribution in [1.82, 2.24) is 4.57 Å². The molecule has 18 heavy (non-hydrogen) atoms. The Morgan fingerprint density at radius 2 is 2.00 bits per heavy atom. The molecule has 1 atom stereocenters. The molecule has 2 rings (SSSR count). The van der Waals surface area contributed by atoms with Gasteiger partial charge in [-0.05, 0) is 43.7 Å². The molecule has 1 N–H and O–H groups in total. The van der Waals surface area contributed by atoms with Gasteiger partial charge >= 0.3 is 0 Å². The van der Waals surface area contributed by atoms with Crippen LogP contribution >= 0.6 is 0 Å². The van der Waals surface area contributed by atoms with Crippen molar-refractivity contribution in [2.24, 2.45) is 0 Å². The van der Waals surface area contributed by atoms with Gasteiger partial charge in [-0.3, -0.25) is 0 Å². The van der Waals surface area contributed by atoms with Crippen molar-refractivity contribution >= 4 is 5.69 Å². The molecule has 0 fully saturated rings. The number of nitrogens with one attached hydrogen (secondary N) is 1. The van der Waals surface area contributed by atoms with E-state index in [4.69, 9.17) is 4.74 Å². The zero-order chi connectivity index (χ0) is 12.8. The number of nitrogens with zero attached hydrogens (tertiary/aromatic N) is 1. The molecule has 0 saturated carbocycles. The smallest absolute Gasteiger partial charge is 0.0481 e. The summed E-state index contributed by atoms with van der Waals surface area (Å²) in [6, 6.07) is 12.9. The Bertz CT molecular complexity index is 465. The number of hydrogen-bond donors (Lipinski definition) is 1. The number of hydrogen-bond acceptors (Lipinski definition) is 2. The highest BCUT2D eigenvalue weighted by molar-refractivity contribution is 5.51. The van der Waals surface area contributed by atoms with Crippen molar-refractivity contribution in [2.75, 3.05) is 19.0 Å². The molecule has 1 aromatic heterocycles. The van der Waals surface area contributed by atoms with E-state index < -0.39 is 0 Å². The Labute approximate surface area is 108 Å². The molecule has 3 nitrogen and oxygen atoms in total. The van der Waals surface area contributed by atoms with Crippen LogP contribution in [0.1, 0.15) is 13.3 Å². The standard InChI is InChI=1S/C15H20N2O/c1-13(8-11-18-2)16-14-6-5-7-15(12-14)17-9-3-4-10-17/h3-7,9-10,12-13,16H,8,11H2,1-2H3. The molecule has 0 amide bonds. The van der Waals surface area contributed by atoms with Crippen LogP contribution in [0.5, 0.6) is 0 Å². The largest absolute Gasteiger partial charge is 0.385 e. The first-order valence-electron chi connectivity index (χ1n) is 6.28. The van der Waals surface area contributed by atoms with Crippen LogP contribution in [0.4, 0.5) is 5.69 Å². The molecule has 0 radical (unpaired) electrons. The topological polar surface area (TPSA) is 26.2 Å². The minimum absolute atomic E-state index is 0.407. The van der Waals surface area contributed by atoms with Crippen molar-refractivity contribution in [1.29, 1.82) is 0 Å². The summed E-state index contributed by atoms with van der Waals surface area (Å²) in [6.07, 6.45) is 5.10. The average Bonchev–Trinajstić information content (AvgIpc) is 2.90. The second kappa shape index (κ2) is 6.26. The summed E-state index contributed by atoms with van der Waals surface area (Å²) in [5, 5.41) is 3.49. The second-order valence-corrected chi connectivity index (χ2v) is 4.47. The summed E-state index contributed by atoms with van der Waals surface area (Å²) >= 11 is 0. The van der Waals surface area contributed by atoms with E-state index in [1.54, 1.807) is 7.11 Å². The summed E-state index contributed by atoms with van der Waals surface area (Å²) in [5.41, 5.74) is 2.31. The number of aromatic nitrogens is 1. The summed E-state index contributed by atoms with van der Waals surface area (Å²) in [6.45, 7) is 2.95. The lowest BCUT2D eigenvalue weighted by atomic mass is 10.2. The fourth-order valence-corrected chi connectivity index (χ4v) is 1.91. The van der Waals surface area contributed by atoms with Gasteiger partial charge < -0.3 is 14.6 Å². The first-order valence-corrected chi connectivity index (χ1v) is 6.28. The van der Waals surface area contributed by atoms with E-state index in [-0.39, 0.29) is 0 Å². The molecule has 1 aromatic carbocycles. The van der Waals surface area contributed by atoms with E-state index in [0.29, 0.717) is 6.04 Å². The van der Waals surface area contributed by atoms with Gasteiger partial charge in [0, 0.05) is 43.5 Å². The normalized spacial score (nSPS) is 12.3.